The Morgan fingerprint density at radius 2 is 1.50 bits per heavy atom. The fraction of sp³-hybridized carbons (Fsp3) is 0.0870. The van der Waals surface area contributed by atoms with E-state index in [1.54, 1.807) is 18.3 Å². The maximum Gasteiger partial charge on any atom is 0.175 e. The van der Waals surface area contributed by atoms with Crippen molar-refractivity contribution >= 4 is 44.4 Å². The van der Waals surface area contributed by atoms with Gasteiger partial charge in [0.25, 0.3) is 0 Å². The van der Waals surface area contributed by atoms with Gasteiger partial charge in [0.05, 0.1) is 9.92 Å². The Bertz CT molecular complexity index is 1330. The molecule has 0 aliphatic rings. The Kier molecular flexibility index (Phi) is 5.73. The summed E-state index contributed by atoms with van der Waals surface area (Å²) < 4.78 is 23.7. The first-order valence-corrected chi connectivity index (χ1v) is 12.6. The van der Waals surface area contributed by atoms with Crippen LogP contribution in [0.3, 0.4) is 0 Å². The number of benzene rings is 3. The number of sulfone groups is 1. The summed E-state index contributed by atoms with van der Waals surface area (Å²) in [5.41, 5.74) is 5.46. The number of nitrogens with zero attached hydrogens (tertiary/aromatic N) is 1. The summed E-state index contributed by atoms with van der Waals surface area (Å²) in [7, 11) is -3.27. The van der Waals surface area contributed by atoms with Crippen molar-refractivity contribution in [1.82, 2.24) is 4.98 Å². The molecule has 152 valence electrons. The summed E-state index contributed by atoms with van der Waals surface area (Å²) in [6.07, 6.45) is 2.94. The maximum atomic E-state index is 11.9. The Morgan fingerprint density at radius 3 is 2.10 bits per heavy atom. The van der Waals surface area contributed by atoms with Crippen molar-refractivity contribution in [2.75, 3.05) is 6.26 Å². The van der Waals surface area contributed by atoms with Crippen molar-refractivity contribution in [3.63, 3.8) is 0 Å². The zero-order chi connectivity index (χ0) is 21.5. The van der Waals surface area contributed by atoms with Crippen molar-refractivity contribution in [1.29, 1.82) is 0 Å². The minimum absolute atomic E-state index is 0.278. The molecule has 1 heterocycles. The van der Waals surface area contributed by atoms with E-state index < -0.39 is 9.84 Å². The highest BCUT2D eigenvalue weighted by molar-refractivity contribution is 7.90. The van der Waals surface area contributed by atoms with Crippen molar-refractivity contribution in [2.45, 2.75) is 11.8 Å². The third-order valence-electron chi connectivity index (χ3n) is 4.85. The van der Waals surface area contributed by atoms with E-state index in [1.807, 2.05) is 54.8 Å². The highest BCUT2D eigenvalue weighted by Crippen LogP contribution is 2.41. The Balaban J connectivity index is 1.95. The molecule has 0 aliphatic heterocycles. The van der Waals surface area contributed by atoms with Crippen LogP contribution in [-0.2, 0) is 9.84 Å². The predicted octanol–water partition coefficient (Wildman–Crippen LogP) is 7.16. The SMILES string of the molecule is Cc1ccc(-c2cc(Cl)c(-c3nccs3)cc2-c2ccc(S(C)(=O)=O)cc2)cc1Cl. The topological polar surface area (TPSA) is 47.0 Å². The van der Waals surface area contributed by atoms with Gasteiger partial charge < -0.3 is 0 Å². The van der Waals surface area contributed by atoms with Gasteiger partial charge in [-0.25, -0.2) is 13.4 Å². The summed E-state index contributed by atoms with van der Waals surface area (Å²) in [6, 6.07) is 16.7. The monoisotopic (exact) mass is 473 g/mol. The van der Waals surface area contributed by atoms with Gasteiger partial charge in [-0.2, -0.15) is 0 Å². The normalized spacial score (nSPS) is 11.6. The Labute approximate surface area is 189 Å². The highest BCUT2D eigenvalue weighted by atomic mass is 35.5. The van der Waals surface area contributed by atoms with Crippen LogP contribution < -0.4 is 0 Å². The molecule has 0 saturated heterocycles. The molecular formula is C23H17Cl2NO2S2. The molecule has 0 N–H and O–H groups in total. The lowest BCUT2D eigenvalue weighted by atomic mass is 9.92. The quantitative estimate of drug-likeness (QED) is 0.315. The lowest BCUT2D eigenvalue weighted by Crippen LogP contribution is -1.96. The van der Waals surface area contributed by atoms with Crippen LogP contribution in [-0.4, -0.2) is 19.7 Å². The Morgan fingerprint density at radius 1 is 0.833 bits per heavy atom. The number of aryl methyl sites for hydroxylation is 1. The van der Waals surface area contributed by atoms with Crippen molar-refractivity contribution in [3.05, 3.63) is 81.8 Å². The predicted molar refractivity (Wildman–Crippen MR) is 126 cm³/mol. The lowest BCUT2D eigenvalue weighted by Gasteiger charge is -2.15. The lowest BCUT2D eigenvalue weighted by molar-refractivity contribution is 0.602. The third-order valence-corrected chi connectivity index (χ3v) is 7.50. The number of thiazole rings is 1. The minimum atomic E-state index is -3.27. The number of halogens is 2. The van der Waals surface area contributed by atoms with Gasteiger partial charge in [0, 0.05) is 28.4 Å². The third kappa shape index (κ3) is 4.16. The molecule has 3 aromatic carbocycles. The molecular weight excluding hydrogens is 457 g/mol. The van der Waals surface area contributed by atoms with Crippen LogP contribution in [0, 0.1) is 6.92 Å². The van der Waals surface area contributed by atoms with Crippen LogP contribution in [0.5, 0.6) is 0 Å². The van der Waals surface area contributed by atoms with Gasteiger partial charge in [0.1, 0.15) is 5.01 Å². The van der Waals surface area contributed by atoms with E-state index in [2.05, 4.69) is 4.98 Å². The van der Waals surface area contributed by atoms with Crippen LogP contribution in [0.1, 0.15) is 5.56 Å². The van der Waals surface area contributed by atoms with Crippen LogP contribution in [0.4, 0.5) is 0 Å². The zero-order valence-electron chi connectivity index (χ0n) is 16.2. The first-order valence-electron chi connectivity index (χ1n) is 9.04. The van der Waals surface area contributed by atoms with Gasteiger partial charge >= 0.3 is 0 Å². The first-order chi connectivity index (χ1) is 14.2. The van der Waals surface area contributed by atoms with E-state index in [4.69, 9.17) is 23.2 Å². The summed E-state index contributed by atoms with van der Waals surface area (Å²) in [5, 5.41) is 3.99. The van der Waals surface area contributed by atoms with Crippen LogP contribution in [0.15, 0.2) is 71.1 Å². The molecule has 0 fully saturated rings. The molecule has 0 unspecified atom stereocenters. The average Bonchev–Trinajstić information content (AvgIpc) is 3.24. The van der Waals surface area contributed by atoms with E-state index >= 15 is 0 Å². The molecule has 0 radical (unpaired) electrons. The second kappa shape index (κ2) is 8.16. The molecule has 30 heavy (non-hydrogen) atoms. The van der Waals surface area contributed by atoms with Gasteiger partial charge in [-0.15, -0.1) is 11.3 Å². The molecule has 7 heteroatoms. The van der Waals surface area contributed by atoms with Crippen molar-refractivity contribution in [3.8, 4) is 32.8 Å². The van der Waals surface area contributed by atoms with Gasteiger partial charge in [0.2, 0.25) is 0 Å². The molecule has 4 aromatic rings. The molecule has 0 saturated carbocycles. The molecule has 0 spiro atoms. The van der Waals surface area contributed by atoms with Gasteiger partial charge in [-0.3, -0.25) is 0 Å². The first kappa shape index (κ1) is 21.1. The van der Waals surface area contributed by atoms with Crippen LogP contribution in [0.25, 0.3) is 32.8 Å². The number of rotatable bonds is 4. The summed E-state index contributed by atoms with van der Waals surface area (Å²) in [4.78, 5) is 4.67. The van der Waals surface area contributed by atoms with Crippen LogP contribution in [0.2, 0.25) is 10.0 Å². The molecule has 0 amide bonds. The summed E-state index contributed by atoms with van der Waals surface area (Å²) in [5.74, 6) is 0. The Hall–Kier alpha value is -2.18. The van der Waals surface area contributed by atoms with E-state index in [9.17, 15) is 8.42 Å². The number of hydrogen-bond acceptors (Lipinski definition) is 4. The fourth-order valence-corrected chi connectivity index (χ4v) is 5.00. The second-order valence-corrected chi connectivity index (χ2v) is 10.7. The highest BCUT2D eigenvalue weighted by Gasteiger charge is 2.16. The molecule has 0 atom stereocenters. The van der Waals surface area contributed by atoms with Crippen molar-refractivity contribution < 1.29 is 8.42 Å². The summed E-state index contributed by atoms with van der Waals surface area (Å²) >= 11 is 14.5. The molecule has 1 aromatic heterocycles. The van der Waals surface area contributed by atoms with Gasteiger partial charge in [0.15, 0.2) is 9.84 Å². The molecule has 0 bridgehead atoms. The van der Waals surface area contributed by atoms with Gasteiger partial charge in [-0.05, 0) is 65.1 Å². The smallest absolute Gasteiger partial charge is 0.175 e. The molecule has 0 aliphatic carbocycles. The van der Waals surface area contributed by atoms with Crippen LogP contribution >= 0.6 is 34.5 Å². The largest absolute Gasteiger partial charge is 0.244 e. The maximum absolute atomic E-state index is 11.9. The van der Waals surface area contributed by atoms with E-state index in [0.29, 0.717) is 10.0 Å². The number of aromatic nitrogens is 1. The second-order valence-electron chi connectivity index (χ2n) is 6.98. The minimum Gasteiger partial charge on any atom is -0.244 e. The average molecular weight is 474 g/mol. The molecule has 4 rings (SSSR count). The zero-order valence-corrected chi connectivity index (χ0v) is 19.3. The summed E-state index contributed by atoms with van der Waals surface area (Å²) in [6.45, 7) is 1.95. The fourth-order valence-electron chi connectivity index (χ4n) is 3.21. The molecule has 3 nitrogen and oxygen atoms in total. The van der Waals surface area contributed by atoms with E-state index in [0.717, 1.165) is 38.4 Å². The van der Waals surface area contributed by atoms with E-state index in [1.165, 1.54) is 17.6 Å². The van der Waals surface area contributed by atoms with Gasteiger partial charge in [-0.1, -0.05) is 47.5 Å². The van der Waals surface area contributed by atoms with E-state index in [-0.39, 0.29) is 4.90 Å². The van der Waals surface area contributed by atoms with Crippen molar-refractivity contribution in [2.24, 2.45) is 0 Å². The number of hydrogen-bond donors (Lipinski definition) is 0. The standard InChI is InChI=1S/C23H17Cl2NO2S2/c1-14-3-4-16(11-21(14)24)19-13-22(25)20(23-26-9-10-29-23)12-18(19)15-5-7-17(8-6-15)30(2,27)28/h3-13H,1-2H3.